The highest BCUT2D eigenvalue weighted by Crippen LogP contribution is 2.23. The summed E-state index contributed by atoms with van der Waals surface area (Å²) in [6.45, 7) is 7.67. The maximum atomic E-state index is 11.8. The van der Waals surface area contributed by atoms with Gasteiger partial charge >= 0.3 is 0 Å². The Balaban J connectivity index is 1.63. The Morgan fingerprint density at radius 2 is 1.95 bits per heavy atom. The zero-order valence-electron chi connectivity index (χ0n) is 12.7. The van der Waals surface area contributed by atoms with E-state index in [-0.39, 0.29) is 17.9 Å². The Labute approximate surface area is 121 Å². The predicted molar refractivity (Wildman–Crippen MR) is 77.4 cm³/mol. The van der Waals surface area contributed by atoms with Gasteiger partial charge in [-0.2, -0.15) is 0 Å². The van der Waals surface area contributed by atoms with Gasteiger partial charge in [0.2, 0.25) is 5.91 Å². The van der Waals surface area contributed by atoms with Crippen molar-refractivity contribution in [2.45, 2.75) is 57.8 Å². The molecule has 1 atom stereocenters. The van der Waals surface area contributed by atoms with Crippen molar-refractivity contribution in [2.75, 3.05) is 26.2 Å². The molecule has 2 fully saturated rings. The molecular formula is C15H28N2O3. The zero-order chi connectivity index (χ0) is 14.5. The van der Waals surface area contributed by atoms with Gasteiger partial charge in [0.15, 0.2) is 0 Å². The van der Waals surface area contributed by atoms with Gasteiger partial charge in [-0.25, -0.2) is 0 Å². The summed E-state index contributed by atoms with van der Waals surface area (Å²) >= 11 is 0. The highest BCUT2D eigenvalue weighted by atomic mass is 16.5. The van der Waals surface area contributed by atoms with Crippen LogP contribution >= 0.6 is 0 Å². The molecule has 1 amide bonds. The SMILES string of the molecule is CC(C)OCCN1CCC([C@H](O)C(=O)NC2CC2)CC1. The number of likely N-dealkylation sites (tertiary alicyclic amines) is 1. The topological polar surface area (TPSA) is 61.8 Å². The second-order valence-corrected chi connectivity index (χ2v) is 6.33. The van der Waals surface area contributed by atoms with E-state index in [0.29, 0.717) is 6.04 Å². The summed E-state index contributed by atoms with van der Waals surface area (Å²) in [6.07, 6.45) is 3.35. The Hall–Kier alpha value is -0.650. The molecule has 2 N–H and O–H groups in total. The number of aliphatic hydroxyl groups is 1. The summed E-state index contributed by atoms with van der Waals surface area (Å²) in [4.78, 5) is 14.2. The average molecular weight is 284 g/mol. The lowest BCUT2D eigenvalue weighted by atomic mass is 9.90. The fourth-order valence-corrected chi connectivity index (χ4v) is 2.64. The molecule has 2 aliphatic rings. The molecule has 0 spiro atoms. The van der Waals surface area contributed by atoms with Crippen molar-refractivity contribution in [1.82, 2.24) is 10.2 Å². The second kappa shape index (κ2) is 7.38. The lowest BCUT2D eigenvalue weighted by Crippen LogP contribution is -2.45. The van der Waals surface area contributed by atoms with E-state index in [1.54, 1.807) is 0 Å². The van der Waals surface area contributed by atoms with E-state index in [0.717, 1.165) is 51.9 Å². The van der Waals surface area contributed by atoms with Gasteiger partial charge in [0.05, 0.1) is 12.7 Å². The van der Waals surface area contributed by atoms with Gasteiger partial charge in [0.1, 0.15) is 6.10 Å². The van der Waals surface area contributed by atoms with E-state index in [2.05, 4.69) is 10.2 Å². The molecule has 1 aliphatic heterocycles. The van der Waals surface area contributed by atoms with Gasteiger partial charge in [0, 0.05) is 12.6 Å². The van der Waals surface area contributed by atoms with Crippen molar-refractivity contribution in [3.05, 3.63) is 0 Å². The van der Waals surface area contributed by atoms with Crippen LogP contribution in [0.25, 0.3) is 0 Å². The number of hydrogen-bond donors (Lipinski definition) is 2. The minimum atomic E-state index is -0.829. The van der Waals surface area contributed by atoms with E-state index in [9.17, 15) is 9.90 Å². The van der Waals surface area contributed by atoms with E-state index in [1.165, 1.54) is 0 Å². The van der Waals surface area contributed by atoms with Crippen molar-refractivity contribution in [2.24, 2.45) is 5.92 Å². The molecular weight excluding hydrogens is 256 g/mol. The summed E-state index contributed by atoms with van der Waals surface area (Å²) < 4.78 is 5.55. The first-order chi connectivity index (χ1) is 9.56. The molecule has 1 saturated heterocycles. The van der Waals surface area contributed by atoms with Crippen LogP contribution in [0, 0.1) is 5.92 Å². The first-order valence-electron chi connectivity index (χ1n) is 7.88. The normalized spacial score (nSPS) is 23.0. The molecule has 116 valence electrons. The van der Waals surface area contributed by atoms with E-state index < -0.39 is 6.10 Å². The zero-order valence-corrected chi connectivity index (χ0v) is 12.7. The molecule has 20 heavy (non-hydrogen) atoms. The molecule has 1 heterocycles. The lowest BCUT2D eigenvalue weighted by molar-refractivity contribution is -0.133. The van der Waals surface area contributed by atoms with Crippen molar-refractivity contribution >= 4 is 5.91 Å². The Kier molecular flexibility index (Phi) is 5.81. The first kappa shape index (κ1) is 15.7. The Bertz CT molecular complexity index is 310. The molecule has 2 rings (SSSR count). The first-order valence-corrected chi connectivity index (χ1v) is 7.88. The highest BCUT2D eigenvalue weighted by molar-refractivity contribution is 5.81. The Morgan fingerprint density at radius 1 is 1.30 bits per heavy atom. The van der Waals surface area contributed by atoms with E-state index >= 15 is 0 Å². The lowest BCUT2D eigenvalue weighted by Gasteiger charge is -2.33. The van der Waals surface area contributed by atoms with Gasteiger partial charge in [-0.3, -0.25) is 4.79 Å². The van der Waals surface area contributed by atoms with Crippen LogP contribution < -0.4 is 5.32 Å². The maximum absolute atomic E-state index is 11.8. The number of aliphatic hydroxyl groups excluding tert-OH is 1. The minimum Gasteiger partial charge on any atom is -0.383 e. The van der Waals surface area contributed by atoms with Gasteiger partial charge in [-0.1, -0.05) is 0 Å². The van der Waals surface area contributed by atoms with Crippen LogP contribution in [0.4, 0.5) is 0 Å². The van der Waals surface area contributed by atoms with Gasteiger partial charge in [0.25, 0.3) is 0 Å². The summed E-state index contributed by atoms with van der Waals surface area (Å²) in [5.74, 6) is -0.0647. The van der Waals surface area contributed by atoms with E-state index in [4.69, 9.17) is 4.74 Å². The molecule has 5 heteroatoms. The molecule has 0 aromatic rings. The third kappa shape index (κ3) is 5.04. The molecule has 0 aromatic heterocycles. The fourth-order valence-electron chi connectivity index (χ4n) is 2.64. The quantitative estimate of drug-likeness (QED) is 0.725. The summed E-state index contributed by atoms with van der Waals surface area (Å²) in [5.41, 5.74) is 0. The van der Waals surface area contributed by atoms with Gasteiger partial charge in [-0.05, 0) is 58.5 Å². The van der Waals surface area contributed by atoms with Gasteiger partial charge < -0.3 is 20.1 Å². The average Bonchev–Trinajstić information content (AvgIpc) is 3.22. The number of nitrogens with zero attached hydrogens (tertiary/aromatic N) is 1. The fraction of sp³-hybridized carbons (Fsp3) is 0.933. The van der Waals surface area contributed by atoms with Crippen LogP contribution in [0.5, 0.6) is 0 Å². The number of carbonyl (C=O) groups excluding carboxylic acids is 1. The molecule has 1 aliphatic carbocycles. The summed E-state index contributed by atoms with van der Waals surface area (Å²) in [6, 6.07) is 0.324. The molecule has 0 bridgehead atoms. The van der Waals surface area contributed by atoms with Crippen molar-refractivity contribution < 1.29 is 14.6 Å². The van der Waals surface area contributed by atoms with Gasteiger partial charge in [-0.15, -0.1) is 0 Å². The highest BCUT2D eigenvalue weighted by Gasteiger charge is 2.32. The number of nitrogens with one attached hydrogen (secondary N) is 1. The van der Waals surface area contributed by atoms with Crippen LogP contribution in [-0.4, -0.2) is 60.4 Å². The van der Waals surface area contributed by atoms with Crippen molar-refractivity contribution in [1.29, 1.82) is 0 Å². The molecule has 5 nitrogen and oxygen atoms in total. The monoisotopic (exact) mass is 284 g/mol. The van der Waals surface area contributed by atoms with E-state index in [1.807, 2.05) is 13.8 Å². The summed E-state index contributed by atoms with van der Waals surface area (Å²) in [5, 5.41) is 13.0. The molecule has 0 aromatic carbocycles. The summed E-state index contributed by atoms with van der Waals surface area (Å²) in [7, 11) is 0. The number of piperidine rings is 1. The van der Waals surface area contributed by atoms with Crippen LogP contribution in [0.2, 0.25) is 0 Å². The second-order valence-electron chi connectivity index (χ2n) is 6.33. The predicted octanol–water partition coefficient (Wildman–Crippen LogP) is 0.763. The molecule has 0 unspecified atom stereocenters. The maximum Gasteiger partial charge on any atom is 0.249 e. The van der Waals surface area contributed by atoms with Crippen LogP contribution in [0.15, 0.2) is 0 Å². The number of amides is 1. The minimum absolute atomic E-state index is 0.107. The smallest absolute Gasteiger partial charge is 0.249 e. The standard InChI is InChI=1S/C15H28N2O3/c1-11(2)20-10-9-17-7-5-12(6-8-17)14(18)15(19)16-13-3-4-13/h11-14,18H,3-10H2,1-2H3,(H,16,19)/t14-/m0/s1. The largest absolute Gasteiger partial charge is 0.383 e. The number of rotatable bonds is 7. The number of carbonyl (C=O) groups is 1. The van der Waals surface area contributed by atoms with Crippen LogP contribution in [0.3, 0.4) is 0 Å². The third-order valence-electron chi connectivity index (χ3n) is 4.13. The van der Waals surface area contributed by atoms with Crippen LogP contribution in [-0.2, 0) is 9.53 Å². The third-order valence-corrected chi connectivity index (χ3v) is 4.13. The van der Waals surface area contributed by atoms with Crippen molar-refractivity contribution in [3.8, 4) is 0 Å². The molecule has 0 radical (unpaired) electrons. The van der Waals surface area contributed by atoms with Crippen LogP contribution in [0.1, 0.15) is 39.5 Å². The number of ether oxygens (including phenoxy) is 1. The number of hydrogen-bond acceptors (Lipinski definition) is 4. The Morgan fingerprint density at radius 3 is 2.50 bits per heavy atom. The molecule has 1 saturated carbocycles. The van der Waals surface area contributed by atoms with Crippen molar-refractivity contribution in [3.63, 3.8) is 0 Å².